The molecule has 1 rings (SSSR count). The number of halogens is 1. The zero-order valence-corrected chi connectivity index (χ0v) is 10.7. The molecule has 0 saturated carbocycles. The highest BCUT2D eigenvalue weighted by atomic mass is 79.9. The van der Waals surface area contributed by atoms with Crippen LogP contribution >= 0.6 is 27.7 Å². The number of hydrogen-bond donors (Lipinski definition) is 0. The fraction of sp³-hybridized carbons (Fsp3) is 0.364. The van der Waals surface area contributed by atoms with Gasteiger partial charge in [-0.15, -0.1) is 11.8 Å². The maximum Gasteiger partial charge on any atom is 0.159 e. The number of hydrogen-bond acceptors (Lipinski definition) is 2. The molecule has 0 heterocycles. The van der Waals surface area contributed by atoms with Gasteiger partial charge < -0.3 is 0 Å². The molecule has 0 amide bonds. The van der Waals surface area contributed by atoms with Crippen LogP contribution in [0.3, 0.4) is 0 Å². The van der Waals surface area contributed by atoms with Gasteiger partial charge in [0, 0.05) is 14.9 Å². The Bertz CT molecular complexity index is 336. The third-order valence-electron chi connectivity index (χ3n) is 1.80. The minimum Gasteiger partial charge on any atom is -0.295 e. The molecule has 1 aromatic rings. The average molecular weight is 273 g/mol. The van der Waals surface area contributed by atoms with E-state index in [4.69, 9.17) is 0 Å². The van der Waals surface area contributed by atoms with Crippen LogP contribution in [-0.2, 0) is 0 Å². The van der Waals surface area contributed by atoms with Crippen LogP contribution in [0, 0.1) is 0 Å². The second-order valence-corrected chi connectivity index (χ2v) is 5.04. The van der Waals surface area contributed by atoms with E-state index in [1.165, 1.54) is 4.90 Å². The lowest BCUT2D eigenvalue weighted by atomic mass is 10.2. The van der Waals surface area contributed by atoms with Crippen LogP contribution in [0.1, 0.15) is 30.6 Å². The second kappa shape index (κ2) is 5.56. The topological polar surface area (TPSA) is 17.1 Å². The Hall–Kier alpha value is -0.280. The molecule has 0 aliphatic carbocycles. The van der Waals surface area contributed by atoms with Gasteiger partial charge in [0.1, 0.15) is 0 Å². The normalized spacial score (nSPS) is 10.2. The van der Waals surface area contributed by atoms with Gasteiger partial charge in [-0.05, 0) is 47.2 Å². The summed E-state index contributed by atoms with van der Waals surface area (Å²) in [4.78, 5) is 12.3. The molecule has 0 aromatic heterocycles. The highest BCUT2D eigenvalue weighted by Crippen LogP contribution is 2.28. The van der Waals surface area contributed by atoms with E-state index >= 15 is 0 Å². The van der Waals surface area contributed by atoms with Crippen LogP contribution < -0.4 is 0 Å². The molecule has 0 N–H and O–H groups in total. The first-order chi connectivity index (χ1) is 6.65. The standard InChI is InChI=1S/C11H13BrOS/c1-3-6-14-11-5-4-9(8(2)13)7-10(11)12/h4-5,7H,3,6H2,1-2H3. The molecule has 14 heavy (non-hydrogen) atoms. The van der Waals surface area contributed by atoms with Crippen molar-refractivity contribution in [3.8, 4) is 0 Å². The lowest BCUT2D eigenvalue weighted by Gasteiger charge is -2.04. The minimum absolute atomic E-state index is 0.109. The first-order valence-corrected chi connectivity index (χ1v) is 6.36. The Kier molecular flexibility index (Phi) is 4.69. The molecule has 0 fully saturated rings. The third-order valence-corrected chi connectivity index (χ3v) is 4.00. The Morgan fingerprint density at radius 3 is 2.71 bits per heavy atom. The van der Waals surface area contributed by atoms with Crippen molar-refractivity contribution in [1.82, 2.24) is 0 Å². The number of thioether (sulfide) groups is 1. The van der Waals surface area contributed by atoms with Crippen molar-refractivity contribution in [3.05, 3.63) is 28.2 Å². The quantitative estimate of drug-likeness (QED) is 0.605. The van der Waals surface area contributed by atoms with E-state index in [9.17, 15) is 4.79 Å². The molecule has 0 radical (unpaired) electrons. The van der Waals surface area contributed by atoms with E-state index in [2.05, 4.69) is 22.9 Å². The summed E-state index contributed by atoms with van der Waals surface area (Å²) in [6.07, 6.45) is 1.16. The predicted octanol–water partition coefficient (Wildman–Crippen LogP) is 4.15. The molecule has 0 aliphatic heterocycles. The Morgan fingerprint density at radius 2 is 2.21 bits per heavy atom. The van der Waals surface area contributed by atoms with Crippen molar-refractivity contribution in [3.63, 3.8) is 0 Å². The number of benzene rings is 1. The van der Waals surface area contributed by atoms with Gasteiger partial charge >= 0.3 is 0 Å². The third kappa shape index (κ3) is 3.14. The molecule has 0 spiro atoms. The fourth-order valence-corrected chi connectivity index (χ4v) is 2.56. The Balaban J connectivity index is 2.84. The van der Waals surface area contributed by atoms with Crippen LogP contribution in [0.15, 0.2) is 27.6 Å². The highest BCUT2D eigenvalue weighted by Gasteiger charge is 2.04. The molecule has 0 bridgehead atoms. The smallest absolute Gasteiger partial charge is 0.159 e. The summed E-state index contributed by atoms with van der Waals surface area (Å²) in [6.45, 7) is 3.74. The van der Waals surface area contributed by atoms with Crippen molar-refractivity contribution in [1.29, 1.82) is 0 Å². The summed E-state index contributed by atoms with van der Waals surface area (Å²) >= 11 is 5.28. The lowest BCUT2D eigenvalue weighted by Crippen LogP contribution is -1.91. The summed E-state index contributed by atoms with van der Waals surface area (Å²) in [7, 11) is 0. The van der Waals surface area contributed by atoms with Gasteiger partial charge in [-0.1, -0.05) is 13.0 Å². The molecule has 1 nitrogen and oxygen atoms in total. The molecular formula is C11H13BrOS. The van der Waals surface area contributed by atoms with Crippen molar-refractivity contribution < 1.29 is 4.79 Å². The van der Waals surface area contributed by atoms with Gasteiger partial charge in [-0.25, -0.2) is 0 Å². The van der Waals surface area contributed by atoms with E-state index in [0.29, 0.717) is 0 Å². The van der Waals surface area contributed by atoms with E-state index in [1.54, 1.807) is 6.92 Å². The van der Waals surface area contributed by atoms with Crippen LogP contribution in [0.25, 0.3) is 0 Å². The summed E-state index contributed by atoms with van der Waals surface area (Å²) in [5.41, 5.74) is 0.762. The lowest BCUT2D eigenvalue weighted by molar-refractivity contribution is 0.101. The molecule has 76 valence electrons. The Labute approximate surface area is 97.4 Å². The maximum atomic E-state index is 11.1. The second-order valence-electron chi connectivity index (χ2n) is 3.05. The molecule has 1 aromatic carbocycles. The van der Waals surface area contributed by atoms with Gasteiger partial charge in [-0.3, -0.25) is 4.79 Å². The minimum atomic E-state index is 0.109. The monoisotopic (exact) mass is 272 g/mol. The number of carbonyl (C=O) groups excluding carboxylic acids is 1. The van der Waals surface area contributed by atoms with Crippen LogP contribution in [0.5, 0.6) is 0 Å². The zero-order chi connectivity index (χ0) is 10.6. The van der Waals surface area contributed by atoms with Crippen molar-refractivity contribution in [2.24, 2.45) is 0 Å². The van der Waals surface area contributed by atoms with E-state index in [1.807, 2.05) is 30.0 Å². The zero-order valence-electron chi connectivity index (χ0n) is 8.34. The molecule has 0 unspecified atom stereocenters. The van der Waals surface area contributed by atoms with E-state index in [-0.39, 0.29) is 5.78 Å². The molecule has 0 saturated heterocycles. The highest BCUT2D eigenvalue weighted by molar-refractivity contribution is 9.10. The van der Waals surface area contributed by atoms with Gasteiger partial charge in [0.25, 0.3) is 0 Å². The van der Waals surface area contributed by atoms with Crippen LogP contribution in [-0.4, -0.2) is 11.5 Å². The van der Waals surface area contributed by atoms with E-state index < -0.39 is 0 Å². The van der Waals surface area contributed by atoms with Crippen molar-refractivity contribution >= 4 is 33.5 Å². The average Bonchev–Trinajstić information content (AvgIpc) is 2.15. The maximum absolute atomic E-state index is 11.1. The molecular weight excluding hydrogens is 260 g/mol. The summed E-state index contributed by atoms with van der Waals surface area (Å²) in [6, 6.07) is 5.77. The van der Waals surface area contributed by atoms with Crippen LogP contribution in [0.2, 0.25) is 0 Å². The molecule has 0 atom stereocenters. The molecule has 3 heteroatoms. The largest absolute Gasteiger partial charge is 0.295 e. The van der Waals surface area contributed by atoms with Gasteiger partial charge in [0.2, 0.25) is 0 Å². The van der Waals surface area contributed by atoms with Crippen molar-refractivity contribution in [2.75, 3.05) is 5.75 Å². The summed E-state index contributed by atoms with van der Waals surface area (Å²) < 4.78 is 1.02. The van der Waals surface area contributed by atoms with Gasteiger partial charge in [-0.2, -0.15) is 0 Å². The van der Waals surface area contributed by atoms with Gasteiger partial charge in [0.05, 0.1) is 0 Å². The fourth-order valence-electron chi connectivity index (χ4n) is 1.05. The van der Waals surface area contributed by atoms with Crippen molar-refractivity contribution in [2.45, 2.75) is 25.2 Å². The SMILES string of the molecule is CCCSc1ccc(C(C)=O)cc1Br. The number of Topliss-reactive ketones (excluding diaryl/α,β-unsaturated/α-hetero) is 1. The Morgan fingerprint density at radius 1 is 1.50 bits per heavy atom. The first kappa shape index (κ1) is 11.8. The summed E-state index contributed by atoms with van der Waals surface area (Å²) in [5.74, 6) is 1.22. The number of carbonyl (C=O) groups is 1. The first-order valence-electron chi connectivity index (χ1n) is 4.58. The number of ketones is 1. The molecule has 0 aliphatic rings. The predicted molar refractivity (Wildman–Crippen MR) is 65.2 cm³/mol. The van der Waals surface area contributed by atoms with Crippen LogP contribution in [0.4, 0.5) is 0 Å². The number of rotatable bonds is 4. The summed E-state index contributed by atoms with van der Waals surface area (Å²) in [5, 5.41) is 0. The van der Waals surface area contributed by atoms with E-state index in [0.717, 1.165) is 22.2 Å². The van der Waals surface area contributed by atoms with Gasteiger partial charge in [0.15, 0.2) is 5.78 Å².